The van der Waals surface area contributed by atoms with Crippen molar-refractivity contribution in [2.45, 2.75) is 6.42 Å². The summed E-state index contributed by atoms with van der Waals surface area (Å²) in [6, 6.07) is 5.91. The molecule has 4 heteroatoms. The first kappa shape index (κ1) is 8.35. The van der Waals surface area contributed by atoms with E-state index in [1.54, 1.807) is 0 Å². The number of hydrogen-bond donors (Lipinski definition) is 0. The van der Waals surface area contributed by atoms with Crippen LogP contribution >= 0.6 is 0 Å². The number of hydrogen-bond acceptors (Lipinski definition) is 4. The Balaban J connectivity index is 2.17. The van der Waals surface area contributed by atoms with Crippen LogP contribution in [-0.2, 0) is 6.42 Å². The highest BCUT2D eigenvalue weighted by Gasteiger charge is 2.17. The van der Waals surface area contributed by atoms with E-state index in [1.165, 1.54) is 11.9 Å². The van der Waals surface area contributed by atoms with Gasteiger partial charge in [-0.15, -0.1) is 0 Å². The first-order valence-corrected chi connectivity index (χ1v) is 4.75. The normalized spacial score (nSPS) is 13.3. The molecule has 1 aromatic heterocycles. The molecule has 2 heterocycles. The van der Waals surface area contributed by atoms with Crippen molar-refractivity contribution >= 4 is 0 Å². The van der Waals surface area contributed by atoms with Crippen LogP contribution < -0.4 is 4.74 Å². The van der Waals surface area contributed by atoms with E-state index < -0.39 is 0 Å². The van der Waals surface area contributed by atoms with Gasteiger partial charge in [-0.2, -0.15) is 0 Å². The van der Waals surface area contributed by atoms with Gasteiger partial charge in [0.05, 0.1) is 6.61 Å². The molecule has 0 saturated heterocycles. The topological polar surface area (TPSA) is 47.9 Å². The molecule has 1 aromatic carbocycles. The third-order valence-corrected chi connectivity index (χ3v) is 2.43. The van der Waals surface area contributed by atoms with E-state index in [9.17, 15) is 0 Å². The molecule has 0 fully saturated rings. The predicted octanol–water partition coefficient (Wildman–Crippen LogP) is 1.27. The molecule has 15 heavy (non-hydrogen) atoms. The van der Waals surface area contributed by atoms with Crippen molar-refractivity contribution in [1.29, 1.82) is 0 Å². The van der Waals surface area contributed by atoms with Crippen LogP contribution in [0.2, 0.25) is 0 Å². The third-order valence-electron chi connectivity index (χ3n) is 2.43. The fourth-order valence-corrected chi connectivity index (χ4v) is 1.78. The average Bonchev–Trinajstić information content (AvgIpc) is 2.78. The number of nitrogens with zero attached hydrogens (tertiary/aromatic N) is 3. The van der Waals surface area contributed by atoms with Crippen LogP contribution in [0.15, 0.2) is 24.5 Å². The Morgan fingerprint density at radius 2 is 2.33 bits per heavy atom. The molecule has 1 radical (unpaired) electrons. The Morgan fingerprint density at radius 1 is 1.33 bits per heavy atom. The molecule has 2 aromatic rings. The highest BCUT2D eigenvalue weighted by atomic mass is 16.5. The quantitative estimate of drug-likeness (QED) is 0.692. The summed E-state index contributed by atoms with van der Waals surface area (Å²) in [7, 11) is 0. The van der Waals surface area contributed by atoms with E-state index >= 15 is 0 Å². The van der Waals surface area contributed by atoms with Crippen molar-refractivity contribution < 1.29 is 4.74 Å². The maximum absolute atomic E-state index is 5.48. The van der Waals surface area contributed by atoms with Crippen LogP contribution in [0.4, 0.5) is 0 Å². The SMILES string of the molecule is [c]1ncnc(-c2cccc3c2CCO3)n1. The van der Waals surface area contributed by atoms with E-state index in [-0.39, 0.29) is 0 Å². The third kappa shape index (κ3) is 1.34. The molecule has 4 nitrogen and oxygen atoms in total. The number of rotatable bonds is 1. The van der Waals surface area contributed by atoms with Crippen molar-refractivity contribution in [2.75, 3.05) is 6.61 Å². The van der Waals surface area contributed by atoms with E-state index in [4.69, 9.17) is 4.74 Å². The van der Waals surface area contributed by atoms with Crippen molar-refractivity contribution in [3.05, 3.63) is 36.4 Å². The minimum absolute atomic E-state index is 0.660. The standard InChI is InChI=1S/C11H8N3O/c1-2-9(11-13-6-12-7-14-11)8-4-5-15-10(8)3-1/h1-3,6H,4-5H2. The van der Waals surface area contributed by atoms with Crippen LogP contribution in [-0.4, -0.2) is 21.6 Å². The Morgan fingerprint density at radius 3 is 3.20 bits per heavy atom. The lowest BCUT2D eigenvalue weighted by Gasteiger charge is -2.03. The molecule has 0 aliphatic carbocycles. The van der Waals surface area contributed by atoms with Gasteiger partial charge in [-0.1, -0.05) is 12.1 Å². The molecule has 0 bridgehead atoms. The van der Waals surface area contributed by atoms with Crippen LogP contribution in [0, 0.1) is 6.33 Å². The lowest BCUT2D eigenvalue weighted by atomic mass is 10.0. The molecule has 73 valence electrons. The fourth-order valence-electron chi connectivity index (χ4n) is 1.78. The summed E-state index contributed by atoms with van der Waals surface area (Å²) in [5, 5.41) is 0. The summed E-state index contributed by atoms with van der Waals surface area (Å²) < 4.78 is 5.48. The van der Waals surface area contributed by atoms with Gasteiger partial charge in [0, 0.05) is 17.5 Å². The van der Waals surface area contributed by atoms with Crippen molar-refractivity contribution in [3.63, 3.8) is 0 Å². The van der Waals surface area contributed by atoms with E-state index in [2.05, 4.69) is 21.3 Å². The lowest BCUT2D eigenvalue weighted by Crippen LogP contribution is -1.93. The monoisotopic (exact) mass is 198 g/mol. The zero-order valence-corrected chi connectivity index (χ0v) is 7.97. The molecule has 0 saturated carbocycles. The Kier molecular flexibility index (Phi) is 1.84. The Bertz CT molecular complexity index is 484. The lowest BCUT2D eigenvalue weighted by molar-refractivity contribution is 0.357. The van der Waals surface area contributed by atoms with Gasteiger partial charge in [-0.25, -0.2) is 15.0 Å². The molecular formula is C11H8N3O. The maximum Gasteiger partial charge on any atom is 0.201 e. The van der Waals surface area contributed by atoms with Gasteiger partial charge in [0.1, 0.15) is 12.1 Å². The van der Waals surface area contributed by atoms with Gasteiger partial charge in [0.25, 0.3) is 0 Å². The summed E-state index contributed by atoms with van der Waals surface area (Å²) in [5.74, 6) is 1.60. The second kappa shape index (κ2) is 3.31. The largest absolute Gasteiger partial charge is 0.493 e. The van der Waals surface area contributed by atoms with Gasteiger partial charge in [0.15, 0.2) is 5.82 Å². The molecule has 0 spiro atoms. The van der Waals surface area contributed by atoms with E-state index in [1.807, 2.05) is 18.2 Å². The zero-order chi connectivity index (χ0) is 10.1. The summed E-state index contributed by atoms with van der Waals surface area (Å²) in [6.45, 7) is 0.737. The number of fused-ring (bicyclic) bond motifs is 1. The van der Waals surface area contributed by atoms with Crippen molar-refractivity contribution in [3.8, 4) is 17.1 Å². The molecule has 1 aliphatic heterocycles. The van der Waals surface area contributed by atoms with Gasteiger partial charge in [-0.05, 0) is 6.07 Å². The van der Waals surface area contributed by atoms with Gasteiger partial charge < -0.3 is 4.74 Å². The van der Waals surface area contributed by atoms with Gasteiger partial charge in [0.2, 0.25) is 6.33 Å². The number of ether oxygens (including phenoxy) is 1. The summed E-state index contributed by atoms with van der Waals surface area (Å²) in [6.07, 6.45) is 4.92. The average molecular weight is 198 g/mol. The van der Waals surface area contributed by atoms with Crippen molar-refractivity contribution in [1.82, 2.24) is 15.0 Å². The first-order valence-electron chi connectivity index (χ1n) is 4.75. The maximum atomic E-state index is 5.48. The molecule has 1 aliphatic rings. The minimum atomic E-state index is 0.660. The second-order valence-corrected chi connectivity index (χ2v) is 3.29. The molecule has 0 N–H and O–H groups in total. The van der Waals surface area contributed by atoms with Crippen LogP contribution in [0.5, 0.6) is 5.75 Å². The molecule has 3 rings (SSSR count). The van der Waals surface area contributed by atoms with Gasteiger partial charge in [-0.3, -0.25) is 0 Å². The van der Waals surface area contributed by atoms with Crippen LogP contribution in [0.1, 0.15) is 5.56 Å². The van der Waals surface area contributed by atoms with Gasteiger partial charge >= 0.3 is 0 Å². The highest BCUT2D eigenvalue weighted by Crippen LogP contribution is 2.32. The summed E-state index contributed by atoms with van der Waals surface area (Å²) >= 11 is 0. The van der Waals surface area contributed by atoms with Crippen molar-refractivity contribution in [2.24, 2.45) is 0 Å². The molecular weight excluding hydrogens is 190 g/mol. The first-order chi connectivity index (χ1) is 7.45. The molecule has 0 atom stereocenters. The molecule has 0 unspecified atom stereocenters. The highest BCUT2D eigenvalue weighted by molar-refractivity contribution is 5.64. The number of aromatic nitrogens is 3. The van der Waals surface area contributed by atoms with Crippen LogP contribution in [0.25, 0.3) is 11.4 Å². The van der Waals surface area contributed by atoms with E-state index in [0.29, 0.717) is 5.82 Å². The van der Waals surface area contributed by atoms with E-state index in [0.717, 1.165) is 24.3 Å². The Labute approximate surface area is 87.0 Å². The Hall–Kier alpha value is -1.97. The summed E-state index contributed by atoms with van der Waals surface area (Å²) in [5.41, 5.74) is 2.20. The summed E-state index contributed by atoms with van der Waals surface area (Å²) in [4.78, 5) is 11.8. The number of benzene rings is 1. The fraction of sp³-hybridized carbons (Fsp3) is 0.182. The zero-order valence-electron chi connectivity index (χ0n) is 7.97. The van der Waals surface area contributed by atoms with Crippen LogP contribution in [0.3, 0.4) is 0 Å². The second-order valence-electron chi connectivity index (χ2n) is 3.29. The minimum Gasteiger partial charge on any atom is -0.493 e. The predicted molar refractivity (Wildman–Crippen MR) is 53.3 cm³/mol. The molecule has 0 amide bonds. The smallest absolute Gasteiger partial charge is 0.201 e.